The van der Waals surface area contributed by atoms with Crippen molar-refractivity contribution in [2.24, 2.45) is 0 Å². The van der Waals surface area contributed by atoms with Gasteiger partial charge >= 0.3 is 0 Å². The molecule has 122 valence electrons. The van der Waals surface area contributed by atoms with Crippen molar-refractivity contribution >= 4 is 5.91 Å². The predicted molar refractivity (Wildman–Crippen MR) is 93.3 cm³/mol. The molecule has 0 aromatic heterocycles. The Hall–Kier alpha value is -2.64. The van der Waals surface area contributed by atoms with E-state index < -0.39 is 0 Å². The molecule has 1 saturated heterocycles. The van der Waals surface area contributed by atoms with Crippen molar-refractivity contribution in [2.45, 2.75) is 25.9 Å². The molecular formula is C20H21N3O. The Morgan fingerprint density at radius 1 is 1.08 bits per heavy atom. The molecule has 0 radical (unpaired) electrons. The van der Waals surface area contributed by atoms with E-state index in [0.717, 1.165) is 25.2 Å². The Kier molecular flexibility index (Phi) is 5.25. The van der Waals surface area contributed by atoms with Crippen LogP contribution >= 0.6 is 0 Å². The molecule has 4 nitrogen and oxygen atoms in total. The van der Waals surface area contributed by atoms with Gasteiger partial charge in [-0.25, -0.2) is 0 Å². The zero-order chi connectivity index (χ0) is 16.8. The summed E-state index contributed by atoms with van der Waals surface area (Å²) in [5, 5.41) is 11.7. The zero-order valence-corrected chi connectivity index (χ0v) is 13.7. The highest BCUT2D eigenvalue weighted by molar-refractivity contribution is 5.94. The Labute approximate surface area is 142 Å². The molecular weight excluding hydrogens is 298 g/mol. The largest absolute Gasteiger partial charge is 0.348 e. The molecule has 1 heterocycles. The maximum Gasteiger partial charge on any atom is 0.251 e. The van der Waals surface area contributed by atoms with Gasteiger partial charge in [0.15, 0.2) is 0 Å². The van der Waals surface area contributed by atoms with Crippen LogP contribution in [-0.2, 0) is 13.1 Å². The molecule has 1 amide bonds. The summed E-state index contributed by atoms with van der Waals surface area (Å²) in [6, 6.07) is 17.2. The number of likely N-dealkylation sites (tertiary alicyclic amines) is 1. The minimum absolute atomic E-state index is 0.0670. The van der Waals surface area contributed by atoms with E-state index in [1.807, 2.05) is 30.3 Å². The second-order valence-electron chi connectivity index (χ2n) is 6.18. The fraction of sp³-hybridized carbons (Fsp3) is 0.300. The Bertz CT molecular complexity index is 740. The quantitative estimate of drug-likeness (QED) is 0.921. The van der Waals surface area contributed by atoms with Gasteiger partial charge in [0.05, 0.1) is 11.6 Å². The summed E-state index contributed by atoms with van der Waals surface area (Å²) in [6.07, 6.45) is 2.54. The summed E-state index contributed by atoms with van der Waals surface area (Å²) in [5.41, 5.74) is 3.48. The van der Waals surface area contributed by atoms with Crippen LogP contribution in [0.1, 0.15) is 39.9 Å². The van der Waals surface area contributed by atoms with E-state index in [1.54, 1.807) is 12.1 Å². The van der Waals surface area contributed by atoms with Crippen LogP contribution in [0.15, 0.2) is 48.5 Å². The Balaban J connectivity index is 1.58. The third-order valence-corrected chi connectivity index (χ3v) is 4.33. The first-order chi connectivity index (χ1) is 11.7. The highest BCUT2D eigenvalue weighted by Crippen LogP contribution is 2.14. The van der Waals surface area contributed by atoms with E-state index in [1.165, 1.54) is 18.4 Å². The highest BCUT2D eigenvalue weighted by atomic mass is 16.1. The molecule has 0 bridgehead atoms. The molecule has 1 N–H and O–H groups in total. The van der Waals surface area contributed by atoms with Crippen LogP contribution in [0.2, 0.25) is 0 Å². The second kappa shape index (κ2) is 7.76. The lowest BCUT2D eigenvalue weighted by atomic mass is 10.1. The molecule has 24 heavy (non-hydrogen) atoms. The second-order valence-corrected chi connectivity index (χ2v) is 6.18. The maximum atomic E-state index is 12.4. The van der Waals surface area contributed by atoms with E-state index in [0.29, 0.717) is 17.7 Å². The molecule has 1 aliphatic heterocycles. The first-order valence-electron chi connectivity index (χ1n) is 8.33. The number of hydrogen-bond donors (Lipinski definition) is 1. The summed E-state index contributed by atoms with van der Waals surface area (Å²) in [4.78, 5) is 14.8. The standard InChI is InChI=1S/C20H21N3O/c21-13-16-6-8-17(9-7-16)14-22-20(24)19-5-3-4-18(12-19)15-23-10-1-2-11-23/h3-9,12H,1-2,10-11,14-15H2,(H,22,24). The van der Waals surface area contributed by atoms with Crippen LogP contribution in [0.25, 0.3) is 0 Å². The average Bonchev–Trinajstić information content (AvgIpc) is 3.13. The van der Waals surface area contributed by atoms with E-state index in [2.05, 4.69) is 22.4 Å². The van der Waals surface area contributed by atoms with E-state index in [-0.39, 0.29) is 5.91 Å². The SMILES string of the molecule is N#Cc1ccc(CNC(=O)c2cccc(CN3CCCC3)c2)cc1. The van der Waals surface area contributed by atoms with Gasteiger partial charge in [-0.1, -0.05) is 24.3 Å². The number of benzene rings is 2. The number of nitrogens with one attached hydrogen (secondary N) is 1. The van der Waals surface area contributed by atoms with E-state index in [9.17, 15) is 4.79 Å². The summed E-state index contributed by atoms with van der Waals surface area (Å²) >= 11 is 0. The van der Waals surface area contributed by atoms with Gasteiger partial charge in [-0.2, -0.15) is 5.26 Å². The summed E-state index contributed by atoms with van der Waals surface area (Å²) < 4.78 is 0. The van der Waals surface area contributed by atoms with Crippen LogP contribution in [0, 0.1) is 11.3 Å². The normalized spacial score (nSPS) is 14.3. The van der Waals surface area contributed by atoms with Crippen LogP contribution in [0.4, 0.5) is 0 Å². The van der Waals surface area contributed by atoms with Crippen LogP contribution in [-0.4, -0.2) is 23.9 Å². The highest BCUT2D eigenvalue weighted by Gasteiger charge is 2.13. The minimum atomic E-state index is -0.0670. The lowest BCUT2D eigenvalue weighted by Crippen LogP contribution is -2.23. The molecule has 0 spiro atoms. The smallest absolute Gasteiger partial charge is 0.251 e. The van der Waals surface area contributed by atoms with Gasteiger partial charge in [0.2, 0.25) is 0 Å². The van der Waals surface area contributed by atoms with E-state index in [4.69, 9.17) is 5.26 Å². The van der Waals surface area contributed by atoms with Gasteiger partial charge in [-0.3, -0.25) is 9.69 Å². The molecule has 4 heteroatoms. The number of nitrogens with zero attached hydrogens (tertiary/aromatic N) is 2. The molecule has 0 unspecified atom stereocenters. The van der Waals surface area contributed by atoms with Gasteiger partial charge in [-0.15, -0.1) is 0 Å². The van der Waals surface area contributed by atoms with E-state index >= 15 is 0 Å². The molecule has 1 aliphatic rings. The number of amides is 1. The van der Waals surface area contributed by atoms with Crippen molar-refractivity contribution in [3.63, 3.8) is 0 Å². The van der Waals surface area contributed by atoms with Gasteiger partial charge in [0, 0.05) is 18.7 Å². The maximum absolute atomic E-state index is 12.4. The topological polar surface area (TPSA) is 56.1 Å². The summed E-state index contributed by atoms with van der Waals surface area (Å²) in [6.45, 7) is 3.67. The van der Waals surface area contributed by atoms with Crippen molar-refractivity contribution in [3.8, 4) is 6.07 Å². The average molecular weight is 319 g/mol. The molecule has 2 aromatic rings. The Morgan fingerprint density at radius 3 is 2.54 bits per heavy atom. The van der Waals surface area contributed by atoms with Gasteiger partial charge in [0.1, 0.15) is 0 Å². The van der Waals surface area contributed by atoms with Crippen molar-refractivity contribution in [3.05, 3.63) is 70.8 Å². The van der Waals surface area contributed by atoms with Crippen molar-refractivity contribution in [1.82, 2.24) is 10.2 Å². The molecule has 2 aromatic carbocycles. The van der Waals surface area contributed by atoms with Crippen molar-refractivity contribution in [2.75, 3.05) is 13.1 Å². The number of carbonyl (C=O) groups is 1. The minimum Gasteiger partial charge on any atom is -0.348 e. The fourth-order valence-electron chi connectivity index (χ4n) is 2.99. The van der Waals surface area contributed by atoms with Crippen molar-refractivity contribution < 1.29 is 4.79 Å². The lowest BCUT2D eigenvalue weighted by molar-refractivity contribution is 0.0950. The third kappa shape index (κ3) is 4.21. The lowest BCUT2D eigenvalue weighted by Gasteiger charge is -2.15. The molecule has 0 aliphatic carbocycles. The summed E-state index contributed by atoms with van der Waals surface area (Å²) in [7, 11) is 0. The molecule has 1 fully saturated rings. The number of carbonyl (C=O) groups excluding carboxylic acids is 1. The predicted octanol–water partition coefficient (Wildman–Crippen LogP) is 3.08. The number of hydrogen-bond acceptors (Lipinski definition) is 3. The van der Waals surface area contributed by atoms with Crippen LogP contribution in [0.3, 0.4) is 0 Å². The number of nitriles is 1. The first kappa shape index (κ1) is 16.2. The van der Waals surface area contributed by atoms with Crippen LogP contribution in [0.5, 0.6) is 0 Å². The van der Waals surface area contributed by atoms with Crippen LogP contribution < -0.4 is 5.32 Å². The zero-order valence-electron chi connectivity index (χ0n) is 13.7. The fourth-order valence-corrected chi connectivity index (χ4v) is 2.99. The molecule has 0 saturated carbocycles. The van der Waals surface area contributed by atoms with Gasteiger partial charge < -0.3 is 5.32 Å². The molecule has 0 atom stereocenters. The van der Waals surface area contributed by atoms with Gasteiger partial charge in [-0.05, 0) is 61.3 Å². The first-order valence-corrected chi connectivity index (χ1v) is 8.33. The number of rotatable bonds is 5. The summed E-state index contributed by atoms with van der Waals surface area (Å²) in [5.74, 6) is -0.0670. The van der Waals surface area contributed by atoms with Crippen molar-refractivity contribution in [1.29, 1.82) is 5.26 Å². The van der Waals surface area contributed by atoms with Gasteiger partial charge in [0.25, 0.3) is 5.91 Å². The third-order valence-electron chi connectivity index (χ3n) is 4.33. The monoisotopic (exact) mass is 319 g/mol. The molecule has 3 rings (SSSR count). The Morgan fingerprint density at radius 2 is 1.83 bits per heavy atom.